The molecule has 1 saturated carbocycles. The summed E-state index contributed by atoms with van der Waals surface area (Å²) in [5, 5.41) is 4.03. The number of amides is 1. The van der Waals surface area contributed by atoms with Crippen molar-refractivity contribution in [3.8, 4) is 0 Å². The Labute approximate surface area is 124 Å². The molecule has 20 heavy (non-hydrogen) atoms. The number of hydrogen-bond acceptors (Lipinski definition) is 3. The van der Waals surface area contributed by atoms with Gasteiger partial charge in [-0.25, -0.2) is 0 Å². The maximum atomic E-state index is 11.1. The molecule has 1 aliphatic carbocycles. The third-order valence-electron chi connectivity index (χ3n) is 4.45. The van der Waals surface area contributed by atoms with Gasteiger partial charge in [0, 0.05) is 12.1 Å². The molecule has 4 nitrogen and oxygen atoms in total. The van der Waals surface area contributed by atoms with Crippen LogP contribution < -0.4 is 16.8 Å². The van der Waals surface area contributed by atoms with E-state index in [9.17, 15) is 4.79 Å². The van der Waals surface area contributed by atoms with Crippen LogP contribution in [0.5, 0.6) is 0 Å². The van der Waals surface area contributed by atoms with Crippen LogP contribution >= 0.6 is 11.6 Å². The van der Waals surface area contributed by atoms with Gasteiger partial charge in [-0.2, -0.15) is 0 Å². The number of carbonyl (C=O) groups is 1. The summed E-state index contributed by atoms with van der Waals surface area (Å²) in [4.78, 5) is 11.1. The third kappa shape index (κ3) is 2.91. The first kappa shape index (κ1) is 15.1. The SMILES string of the molecule is CC1CCCCC1(CN)Nc1ccc(C(N)=O)cc1Cl. The zero-order valence-corrected chi connectivity index (χ0v) is 12.5. The molecule has 1 aromatic rings. The largest absolute Gasteiger partial charge is 0.377 e. The van der Waals surface area contributed by atoms with Crippen LogP contribution in [-0.4, -0.2) is 18.0 Å². The number of benzene rings is 1. The van der Waals surface area contributed by atoms with Crippen LogP contribution in [0.4, 0.5) is 5.69 Å². The minimum Gasteiger partial charge on any atom is -0.377 e. The molecular formula is C15H22ClN3O. The van der Waals surface area contributed by atoms with Gasteiger partial charge in [-0.15, -0.1) is 0 Å². The van der Waals surface area contributed by atoms with Gasteiger partial charge in [0.2, 0.25) is 5.91 Å². The number of primary amides is 1. The van der Waals surface area contributed by atoms with Crippen molar-refractivity contribution < 1.29 is 4.79 Å². The van der Waals surface area contributed by atoms with E-state index in [1.54, 1.807) is 18.2 Å². The molecule has 0 spiro atoms. The van der Waals surface area contributed by atoms with E-state index in [2.05, 4.69) is 12.2 Å². The van der Waals surface area contributed by atoms with Crippen molar-refractivity contribution in [1.29, 1.82) is 0 Å². The number of rotatable bonds is 4. The fourth-order valence-electron chi connectivity index (χ4n) is 2.99. The van der Waals surface area contributed by atoms with Crippen LogP contribution in [0.25, 0.3) is 0 Å². The van der Waals surface area contributed by atoms with E-state index in [0.717, 1.165) is 12.1 Å². The van der Waals surface area contributed by atoms with Crippen molar-refractivity contribution in [3.63, 3.8) is 0 Å². The average molecular weight is 296 g/mol. The molecule has 0 saturated heterocycles. The van der Waals surface area contributed by atoms with Gasteiger partial charge in [-0.05, 0) is 37.0 Å². The predicted molar refractivity (Wildman–Crippen MR) is 83.0 cm³/mol. The van der Waals surface area contributed by atoms with Gasteiger partial charge in [0.15, 0.2) is 0 Å². The summed E-state index contributed by atoms with van der Waals surface area (Å²) < 4.78 is 0. The number of halogens is 1. The summed E-state index contributed by atoms with van der Waals surface area (Å²) in [6.45, 7) is 2.80. The topological polar surface area (TPSA) is 81.1 Å². The molecule has 2 rings (SSSR count). The van der Waals surface area contributed by atoms with Crippen molar-refractivity contribution in [1.82, 2.24) is 0 Å². The van der Waals surface area contributed by atoms with Crippen LogP contribution in [0.1, 0.15) is 43.0 Å². The summed E-state index contributed by atoms with van der Waals surface area (Å²) in [6, 6.07) is 5.10. The van der Waals surface area contributed by atoms with Gasteiger partial charge in [0.1, 0.15) is 0 Å². The highest BCUT2D eigenvalue weighted by Gasteiger charge is 2.37. The fourth-order valence-corrected chi connectivity index (χ4v) is 3.22. The fraction of sp³-hybridized carbons (Fsp3) is 0.533. The molecule has 0 heterocycles. The van der Waals surface area contributed by atoms with Gasteiger partial charge in [-0.1, -0.05) is 31.4 Å². The lowest BCUT2D eigenvalue weighted by atomic mass is 9.73. The highest BCUT2D eigenvalue weighted by molar-refractivity contribution is 6.33. The summed E-state index contributed by atoms with van der Waals surface area (Å²) >= 11 is 6.25. The minimum absolute atomic E-state index is 0.115. The smallest absolute Gasteiger partial charge is 0.248 e. The lowest BCUT2D eigenvalue weighted by Gasteiger charge is -2.43. The molecule has 1 fully saturated rings. The van der Waals surface area contributed by atoms with Crippen molar-refractivity contribution in [3.05, 3.63) is 28.8 Å². The Morgan fingerprint density at radius 3 is 2.80 bits per heavy atom. The van der Waals surface area contributed by atoms with Gasteiger partial charge in [-0.3, -0.25) is 4.79 Å². The Hall–Kier alpha value is -1.26. The van der Waals surface area contributed by atoms with Crippen molar-refractivity contribution in [2.24, 2.45) is 17.4 Å². The Kier molecular flexibility index (Phi) is 4.55. The zero-order chi connectivity index (χ0) is 14.8. The summed E-state index contributed by atoms with van der Waals surface area (Å²) in [5.41, 5.74) is 12.4. The van der Waals surface area contributed by atoms with Gasteiger partial charge in [0.05, 0.1) is 16.2 Å². The van der Waals surface area contributed by atoms with Crippen LogP contribution in [0.15, 0.2) is 18.2 Å². The second-order valence-corrected chi connectivity index (χ2v) is 6.10. The molecule has 2 unspecified atom stereocenters. The second-order valence-electron chi connectivity index (χ2n) is 5.69. The summed E-state index contributed by atoms with van der Waals surface area (Å²) in [6.07, 6.45) is 4.63. The van der Waals surface area contributed by atoms with E-state index in [-0.39, 0.29) is 5.54 Å². The van der Waals surface area contributed by atoms with Gasteiger partial charge < -0.3 is 16.8 Å². The van der Waals surface area contributed by atoms with E-state index in [0.29, 0.717) is 23.0 Å². The highest BCUT2D eigenvalue weighted by atomic mass is 35.5. The Bertz CT molecular complexity index is 506. The van der Waals surface area contributed by atoms with E-state index in [1.165, 1.54) is 19.3 Å². The first-order chi connectivity index (χ1) is 9.48. The molecular weight excluding hydrogens is 274 g/mol. The van der Waals surface area contributed by atoms with Crippen molar-refractivity contribution in [2.45, 2.75) is 38.1 Å². The van der Waals surface area contributed by atoms with Crippen molar-refractivity contribution >= 4 is 23.2 Å². The summed E-state index contributed by atoms with van der Waals surface area (Å²) in [5.74, 6) is 0.0196. The van der Waals surface area contributed by atoms with E-state index < -0.39 is 5.91 Å². The van der Waals surface area contributed by atoms with Crippen molar-refractivity contribution in [2.75, 3.05) is 11.9 Å². The normalized spacial score (nSPS) is 26.2. The molecule has 1 aliphatic rings. The number of hydrogen-bond donors (Lipinski definition) is 3. The zero-order valence-electron chi connectivity index (χ0n) is 11.8. The molecule has 0 radical (unpaired) electrons. The third-order valence-corrected chi connectivity index (χ3v) is 4.77. The Balaban J connectivity index is 2.25. The van der Waals surface area contributed by atoms with Crippen LogP contribution in [0.2, 0.25) is 5.02 Å². The molecule has 0 aliphatic heterocycles. The number of nitrogens with one attached hydrogen (secondary N) is 1. The minimum atomic E-state index is -0.474. The van der Waals surface area contributed by atoms with Crippen LogP contribution in [-0.2, 0) is 0 Å². The maximum absolute atomic E-state index is 11.1. The molecule has 110 valence electrons. The molecule has 5 heteroatoms. The lowest BCUT2D eigenvalue weighted by Crippen LogP contribution is -2.52. The Morgan fingerprint density at radius 2 is 2.25 bits per heavy atom. The highest BCUT2D eigenvalue weighted by Crippen LogP contribution is 2.37. The molecule has 0 bridgehead atoms. The molecule has 0 aromatic heterocycles. The van der Waals surface area contributed by atoms with E-state index in [4.69, 9.17) is 23.1 Å². The molecule has 2 atom stereocenters. The van der Waals surface area contributed by atoms with Gasteiger partial charge >= 0.3 is 0 Å². The Morgan fingerprint density at radius 1 is 1.50 bits per heavy atom. The molecule has 1 aromatic carbocycles. The number of anilines is 1. The standard InChI is InChI=1S/C15H22ClN3O/c1-10-4-2-3-7-15(10,9-17)19-13-6-5-11(14(18)20)8-12(13)16/h5-6,8,10,19H,2-4,7,9,17H2,1H3,(H2,18,20). The number of nitrogens with two attached hydrogens (primary N) is 2. The second kappa shape index (κ2) is 6.02. The average Bonchev–Trinajstić information content (AvgIpc) is 2.43. The first-order valence-electron chi connectivity index (χ1n) is 7.06. The number of carbonyl (C=O) groups excluding carboxylic acids is 1. The summed E-state index contributed by atoms with van der Waals surface area (Å²) in [7, 11) is 0. The maximum Gasteiger partial charge on any atom is 0.248 e. The van der Waals surface area contributed by atoms with E-state index in [1.807, 2.05) is 0 Å². The molecule has 5 N–H and O–H groups in total. The lowest BCUT2D eigenvalue weighted by molar-refractivity contribution is 0.100. The first-order valence-corrected chi connectivity index (χ1v) is 7.44. The van der Waals surface area contributed by atoms with E-state index >= 15 is 0 Å². The monoisotopic (exact) mass is 295 g/mol. The van der Waals surface area contributed by atoms with Crippen LogP contribution in [0.3, 0.4) is 0 Å². The van der Waals surface area contributed by atoms with Crippen LogP contribution in [0, 0.1) is 5.92 Å². The predicted octanol–water partition coefficient (Wildman–Crippen LogP) is 2.76. The van der Waals surface area contributed by atoms with Gasteiger partial charge in [0.25, 0.3) is 0 Å². The molecule has 1 amide bonds. The quantitative estimate of drug-likeness (QED) is 0.799.